The van der Waals surface area contributed by atoms with Crippen molar-refractivity contribution in [2.24, 2.45) is 0 Å². The summed E-state index contributed by atoms with van der Waals surface area (Å²) in [7, 11) is 3.59. The Hall–Kier alpha value is -4.86. The van der Waals surface area contributed by atoms with Crippen LogP contribution in [-0.2, 0) is 27.5 Å². The monoisotopic (exact) mass is 606 g/mol. The average molecular weight is 607 g/mol. The zero-order valence-electron chi connectivity index (χ0n) is 26.0. The molecule has 0 aromatic heterocycles. The Morgan fingerprint density at radius 3 is 2.53 bits per heavy atom. The van der Waals surface area contributed by atoms with Gasteiger partial charge >= 0.3 is 6.09 Å². The third kappa shape index (κ3) is 6.22. The number of nitrogens with zero attached hydrogens (tertiary/aromatic N) is 2. The molecule has 2 atom stereocenters. The van der Waals surface area contributed by atoms with Crippen LogP contribution in [0.15, 0.2) is 84.9 Å². The number of amides is 2. The van der Waals surface area contributed by atoms with Gasteiger partial charge in [0.25, 0.3) is 0 Å². The molecule has 0 spiro atoms. The van der Waals surface area contributed by atoms with Crippen LogP contribution in [0.3, 0.4) is 0 Å². The molecule has 2 N–H and O–H groups in total. The molecule has 1 saturated heterocycles. The van der Waals surface area contributed by atoms with E-state index in [1.807, 2.05) is 72.7 Å². The van der Waals surface area contributed by atoms with Crippen molar-refractivity contribution in [1.82, 2.24) is 10.4 Å². The number of anilines is 2. The average Bonchev–Trinajstić information content (AvgIpc) is 3.64. The third-order valence-electron chi connectivity index (χ3n) is 8.74. The topological polar surface area (TPSA) is 92.4 Å². The zero-order valence-corrected chi connectivity index (χ0v) is 26.0. The van der Waals surface area contributed by atoms with E-state index in [-0.39, 0.29) is 24.9 Å². The van der Waals surface area contributed by atoms with Crippen molar-refractivity contribution in [3.63, 3.8) is 0 Å². The number of hydrazine groups is 2. The van der Waals surface area contributed by atoms with Crippen LogP contribution in [0, 0.1) is 13.8 Å². The first-order chi connectivity index (χ1) is 21.8. The molecule has 0 saturated carbocycles. The van der Waals surface area contributed by atoms with Crippen LogP contribution in [0.2, 0.25) is 0 Å². The number of aryl methyl sites for hydroxylation is 1. The maximum atomic E-state index is 14.1. The van der Waals surface area contributed by atoms with E-state index < -0.39 is 12.1 Å². The number of fused-ring (bicyclic) bond motifs is 1. The van der Waals surface area contributed by atoms with Crippen molar-refractivity contribution in [2.45, 2.75) is 45.4 Å². The SMILES string of the molecule is COc1ccc(COCc2cc([C@@H](CC(=O)N3C(=O)OC[C@@H]3c3ccccc3)c3ccc4c(c3C)NNN4C)ccc2C)cc1. The number of carbonyl (C=O) groups is 2. The van der Waals surface area contributed by atoms with Crippen molar-refractivity contribution >= 4 is 23.4 Å². The second kappa shape index (κ2) is 13.0. The van der Waals surface area contributed by atoms with E-state index in [0.717, 1.165) is 56.1 Å². The van der Waals surface area contributed by atoms with Crippen molar-refractivity contribution in [3.8, 4) is 5.75 Å². The molecule has 9 nitrogen and oxygen atoms in total. The van der Waals surface area contributed by atoms with Crippen molar-refractivity contribution in [3.05, 3.63) is 124 Å². The normalized spacial score (nSPS) is 16.3. The molecular formula is C36H38N4O5. The molecule has 2 aliphatic rings. The Kier molecular flexibility index (Phi) is 8.73. The highest BCUT2D eigenvalue weighted by molar-refractivity contribution is 5.94. The maximum Gasteiger partial charge on any atom is 0.417 e. The predicted octanol–water partition coefficient (Wildman–Crippen LogP) is 6.55. The van der Waals surface area contributed by atoms with Gasteiger partial charge in [0.1, 0.15) is 18.4 Å². The zero-order chi connectivity index (χ0) is 31.5. The van der Waals surface area contributed by atoms with Gasteiger partial charge in [-0.2, -0.15) is 0 Å². The van der Waals surface area contributed by atoms with Crippen LogP contribution >= 0.6 is 0 Å². The maximum absolute atomic E-state index is 14.1. The standard InChI is InChI=1S/C36H38N4O5/c1-23-10-13-27(18-28(23)21-44-20-25-11-14-29(43-4)15-12-25)31(30-16-17-32-35(24(30)2)37-38-39(32)3)19-34(41)40-33(22-45-36(40)42)26-8-6-5-7-9-26/h5-18,31,33,37-38H,19-22H2,1-4H3/t31-,33-/m1/s1. The molecule has 1 fully saturated rings. The molecule has 2 amide bonds. The summed E-state index contributed by atoms with van der Waals surface area (Å²) in [4.78, 5) is 28.3. The first-order valence-electron chi connectivity index (χ1n) is 15.1. The van der Waals surface area contributed by atoms with Gasteiger partial charge in [-0.15, -0.1) is 5.53 Å². The van der Waals surface area contributed by atoms with Crippen LogP contribution in [0.1, 0.15) is 57.3 Å². The molecular weight excluding hydrogens is 568 g/mol. The lowest BCUT2D eigenvalue weighted by Gasteiger charge is -2.26. The molecule has 2 aliphatic heterocycles. The number of nitrogens with one attached hydrogen (secondary N) is 2. The molecule has 4 aromatic carbocycles. The second-order valence-electron chi connectivity index (χ2n) is 11.5. The minimum atomic E-state index is -0.609. The van der Waals surface area contributed by atoms with E-state index in [2.05, 4.69) is 49.1 Å². The fraction of sp³-hybridized carbons (Fsp3) is 0.278. The summed E-state index contributed by atoms with van der Waals surface area (Å²) >= 11 is 0. The van der Waals surface area contributed by atoms with Gasteiger partial charge in [0, 0.05) is 19.4 Å². The quantitative estimate of drug-likeness (QED) is 0.210. The molecule has 0 bridgehead atoms. The van der Waals surface area contributed by atoms with Gasteiger partial charge in [0.2, 0.25) is 5.91 Å². The summed E-state index contributed by atoms with van der Waals surface area (Å²) in [5, 5.41) is 1.92. The van der Waals surface area contributed by atoms with Gasteiger partial charge < -0.3 is 19.6 Å². The van der Waals surface area contributed by atoms with Crippen LogP contribution in [-0.4, -0.2) is 37.7 Å². The number of cyclic esters (lactones) is 1. The van der Waals surface area contributed by atoms with Crippen molar-refractivity contribution in [1.29, 1.82) is 0 Å². The molecule has 6 rings (SSSR count). The van der Waals surface area contributed by atoms with Gasteiger partial charge in [0.15, 0.2) is 0 Å². The number of rotatable bonds is 10. The Morgan fingerprint density at radius 2 is 1.78 bits per heavy atom. The highest BCUT2D eigenvalue weighted by Gasteiger charge is 2.40. The third-order valence-corrected chi connectivity index (χ3v) is 8.74. The minimum Gasteiger partial charge on any atom is -0.497 e. The van der Waals surface area contributed by atoms with E-state index in [0.29, 0.717) is 13.2 Å². The van der Waals surface area contributed by atoms with Crippen LogP contribution < -0.4 is 20.7 Å². The van der Waals surface area contributed by atoms with E-state index >= 15 is 0 Å². The lowest BCUT2D eigenvalue weighted by molar-refractivity contribution is -0.129. The smallest absolute Gasteiger partial charge is 0.417 e. The number of imide groups is 1. The first kappa shape index (κ1) is 30.2. The highest BCUT2D eigenvalue weighted by Crippen LogP contribution is 2.41. The fourth-order valence-corrected chi connectivity index (χ4v) is 6.09. The number of hydrogen-bond acceptors (Lipinski definition) is 8. The van der Waals surface area contributed by atoms with Crippen molar-refractivity contribution < 1.29 is 23.8 Å². The van der Waals surface area contributed by atoms with Crippen molar-refractivity contribution in [2.75, 3.05) is 31.2 Å². The summed E-state index contributed by atoms with van der Waals surface area (Å²) in [5.41, 5.74) is 15.4. The largest absolute Gasteiger partial charge is 0.497 e. The van der Waals surface area contributed by atoms with Crippen LogP contribution in [0.25, 0.3) is 0 Å². The minimum absolute atomic E-state index is 0.0938. The summed E-state index contributed by atoms with van der Waals surface area (Å²) in [6, 6.07) is 27.3. The molecule has 0 aliphatic carbocycles. The lowest BCUT2D eigenvalue weighted by atomic mass is 9.83. The van der Waals surface area contributed by atoms with E-state index in [4.69, 9.17) is 14.2 Å². The summed E-state index contributed by atoms with van der Waals surface area (Å²) in [5.74, 6) is 0.207. The molecule has 0 unspecified atom stereocenters. The highest BCUT2D eigenvalue weighted by atomic mass is 16.6. The summed E-state index contributed by atoms with van der Waals surface area (Å²) in [6.07, 6.45) is -0.515. The fourth-order valence-electron chi connectivity index (χ4n) is 6.09. The van der Waals surface area contributed by atoms with E-state index in [9.17, 15) is 9.59 Å². The summed E-state index contributed by atoms with van der Waals surface area (Å²) < 4.78 is 16.8. The number of methoxy groups -OCH3 is 1. The Labute approximate surface area is 263 Å². The molecule has 232 valence electrons. The van der Waals surface area contributed by atoms with Gasteiger partial charge in [-0.1, -0.05) is 66.7 Å². The molecule has 45 heavy (non-hydrogen) atoms. The molecule has 9 heteroatoms. The Bertz CT molecular complexity index is 1690. The number of benzene rings is 4. The molecule has 4 aromatic rings. The lowest BCUT2D eigenvalue weighted by Crippen LogP contribution is -2.35. The molecule has 0 radical (unpaired) electrons. The second-order valence-corrected chi connectivity index (χ2v) is 11.5. The Balaban J connectivity index is 1.30. The number of ether oxygens (including phenoxy) is 3. The number of hydrogen-bond donors (Lipinski definition) is 2. The van der Waals surface area contributed by atoms with Gasteiger partial charge in [0.05, 0.1) is 31.7 Å². The van der Waals surface area contributed by atoms with Gasteiger partial charge in [-0.25, -0.2) is 9.69 Å². The van der Waals surface area contributed by atoms with E-state index in [1.54, 1.807) is 7.11 Å². The summed E-state index contributed by atoms with van der Waals surface area (Å²) in [6.45, 7) is 5.14. The van der Waals surface area contributed by atoms with Crippen LogP contribution in [0.5, 0.6) is 5.75 Å². The predicted molar refractivity (Wildman–Crippen MR) is 173 cm³/mol. The van der Waals surface area contributed by atoms with E-state index in [1.165, 1.54) is 4.90 Å². The van der Waals surface area contributed by atoms with Crippen LogP contribution in [0.4, 0.5) is 16.2 Å². The number of carbonyl (C=O) groups excluding carboxylic acids is 2. The van der Waals surface area contributed by atoms with Gasteiger partial charge in [-0.3, -0.25) is 9.80 Å². The molecule has 2 heterocycles. The van der Waals surface area contributed by atoms with Gasteiger partial charge in [-0.05, 0) is 71.0 Å². The Morgan fingerprint density at radius 1 is 1.00 bits per heavy atom. The first-order valence-corrected chi connectivity index (χ1v) is 15.1.